The highest BCUT2D eigenvalue weighted by Crippen LogP contribution is 2.24. The van der Waals surface area contributed by atoms with E-state index in [0.717, 1.165) is 19.3 Å². The molecule has 5 nitrogen and oxygen atoms in total. The van der Waals surface area contributed by atoms with Gasteiger partial charge >= 0.3 is 0 Å². The molecule has 0 spiro atoms. The van der Waals surface area contributed by atoms with Crippen LogP contribution in [0.5, 0.6) is 5.75 Å². The maximum atomic E-state index is 10.8. The van der Waals surface area contributed by atoms with E-state index < -0.39 is 4.92 Å². The van der Waals surface area contributed by atoms with E-state index >= 15 is 0 Å². The van der Waals surface area contributed by atoms with Gasteiger partial charge in [-0.2, -0.15) is 0 Å². The molecular weight excluding hydrogens is 234 g/mol. The highest BCUT2D eigenvalue weighted by molar-refractivity contribution is 5.45. The minimum Gasteiger partial charge on any atom is -0.493 e. The van der Waals surface area contributed by atoms with Crippen molar-refractivity contribution in [2.45, 2.75) is 39.2 Å². The van der Waals surface area contributed by atoms with Gasteiger partial charge in [-0.25, -0.2) is 0 Å². The Hall–Kier alpha value is -1.62. The number of nitro groups is 1. The minimum absolute atomic E-state index is 0.0939. The standard InChI is InChI=1S/C13H19NO4/c1-2-3-4-5-8-18-12-7-6-11(10-15)13(9-12)14(16)17/h6-7,9,15H,2-5,8,10H2,1H3. The third kappa shape index (κ3) is 4.33. The Morgan fingerprint density at radius 3 is 2.72 bits per heavy atom. The second kappa shape index (κ2) is 7.66. The van der Waals surface area contributed by atoms with E-state index in [0.29, 0.717) is 17.9 Å². The second-order valence-electron chi connectivity index (χ2n) is 4.11. The molecule has 0 amide bonds. The fraction of sp³-hybridized carbons (Fsp3) is 0.538. The van der Waals surface area contributed by atoms with Crippen LogP contribution in [0.4, 0.5) is 5.69 Å². The van der Waals surface area contributed by atoms with Crippen molar-refractivity contribution in [1.82, 2.24) is 0 Å². The number of benzene rings is 1. The van der Waals surface area contributed by atoms with Gasteiger partial charge in [0.05, 0.1) is 29.8 Å². The number of rotatable bonds is 8. The predicted molar refractivity (Wildman–Crippen MR) is 68.7 cm³/mol. The number of aliphatic hydroxyl groups excluding tert-OH is 1. The zero-order valence-electron chi connectivity index (χ0n) is 10.6. The van der Waals surface area contributed by atoms with Gasteiger partial charge in [0.2, 0.25) is 0 Å². The molecule has 0 aliphatic carbocycles. The SMILES string of the molecule is CCCCCCOc1ccc(CO)c([N+](=O)[O-])c1. The fourth-order valence-electron chi connectivity index (χ4n) is 1.66. The molecule has 0 atom stereocenters. The number of ether oxygens (including phenoxy) is 1. The van der Waals surface area contributed by atoms with Crippen molar-refractivity contribution in [3.05, 3.63) is 33.9 Å². The first kappa shape index (κ1) is 14.4. The van der Waals surface area contributed by atoms with Crippen LogP contribution in [0.2, 0.25) is 0 Å². The van der Waals surface area contributed by atoms with Gasteiger partial charge in [0.1, 0.15) is 5.75 Å². The molecule has 1 N–H and O–H groups in total. The Kier molecular flexibility index (Phi) is 6.14. The summed E-state index contributed by atoms with van der Waals surface area (Å²) in [5.74, 6) is 0.482. The Balaban J connectivity index is 2.56. The average Bonchev–Trinajstić information content (AvgIpc) is 2.38. The Labute approximate surface area is 107 Å². The smallest absolute Gasteiger partial charge is 0.278 e. The van der Waals surface area contributed by atoms with Crippen LogP contribution in [0.3, 0.4) is 0 Å². The van der Waals surface area contributed by atoms with Crippen LogP contribution in [-0.4, -0.2) is 16.6 Å². The van der Waals surface area contributed by atoms with Crippen LogP contribution in [0.1, 0.15) is 38.2 Å². The van der Waals surface area contributed by atoms with E-state index in [1.807, 2.05) is 0 Å². The quantitative estimate of drug-likeness (QED) is 0.439. The number of nitrogens with zero attached hydrogens (tertiary/aromatic N) is 1. The van der Waals surface area contributed by atoms with Gasteiger partial charge in [0, 0.05) is 0 Å². The van der Waals surface area contributed by atoms with Crippen molar-refractivity contribution in [2.24, 2.45) is 0 Å². The van der Waals surface area contributed by atoms with Crippen molar-refractivity contribution in [3.8, 4) is 5.75 Å². The molecule has 0 aliphatic heterocycles. The third-order valence-corrected chi connectivity index (χ3v) is 2.69. The monoisotopic (exact) mass is 253 g/mol. The normalized spacial score (nSPS) is 10.3. The first-order valence-electron chi connectivity index (χ1n) is 6.20. The summed E-state index contributed by atoms with van der Waals surface area (Å²) in [6, 6.07) is 4.54. The first-order valence-corrected chi connectivity index (χ1v) is 6.20. The van der Waals surface area contributed by atoms with E-state index in [1.54, 1.807) is 6.07 Å². The lowest BCUT2D eigenvalue weighted by molar-refractivity contribution is -0.385. The molecule has 0 saturated heterocycles. The van der Waals surface area contributed by atoms with Crippen LogP contribution in [0.15, 0.2) is 18.2 Å². The van der Waals surface area contributed by atoms with Crippen LogP contribution in [0, 0.1) is 10.1 Å². The maximum Gasteiger partial charge on any atom is 0.278 e. The van der Waals surface area contributed by atoms with E-state index in [4.69, 9.17) is 9.84 Å². The molecule has 1 aromatic carbocycles. The molecule has 100 valence electrons. The summed E-state index contributed by atoms with van der Waals surface area (Å²) in [5.41, 5.74) is 0.210. The second-order valence-corrected chi connectivity index (χ2v) is 4.11. The van der Waals surface area contributed by atoms with Crippen LogP contribution in [0.25, 0.3) is 0 Å². The van der Waals surface area contributed by atoms with Gasteiger partial charge in [0.25, 0.3) is 5.69 Å². The van der Waals surface area contributed by atoms with Crippen molar-refractivity contribution >= 4 is 5.69 Å². The lowest BCUT2D eigenvalue weighted by Crippen LogP contribution is -2.00. The Morgan fingerprint density at radius 2 is 2.11 bits per heavy atom. The molecule has 0 bridgehead atoms. The average molecular weight is 253 g/mol. The molecule has 18 heavy (non-hydrogen) atoms. The molecule has 0 fully saturated rings. The van der Waals surface area contributed by atoms with Crippen molar-refractivity contribution in [3.63, 3.8) is 0 Å². The molecule has 0 heterocycles. The van der Waals surface area contributed by atoms with E-state index in [-0.39, 0.29) is 12.3 Å². The molecular formula is C13H19NO4. The van der Waals surface area contributed by atoms with Crippen LogP contribution >= 0.6 is 0 Å². The summed E-state index contributed by atoms with van der Waals surface area (Å²) in [4.78, 5) is 10.3. The molecule has 1 aromatic rings. The molecule has 0 radical (unpaired) electrons. The van der Waals surface area contributed by atoms with Crippen molar-refractivity contribution in [1.29, 1.82) is 0 Å². The highest BCUT2D eigenvalue weighted by atomic mass is 16.6. The van der Waals surface area contributed by atoms with Gasteiger partial charge in [0.15, 0.2) is 0 Å². The van der Waals surface area contributed by atoms with E-state index in [1.165, 1.54) is 18.6 Å². The third-order valence-electron chi connectivity index (χ3n) is 2.69. The summed E-state index contributed by atoms with van der Waals surface area (Å²) in [5, 5.41) is 19.8. The maximum absolute atomic E-state index is 10.8. The first-order chi connectivity index (χ1) is 8.69. The molecule has 0 aliphatic rings. The van der Waals surface area contributed by atoms with Gasteiger partial charge in [-0.3, -0.25) is 10.1 Å². The Bertz CT molecular complexity index is 393. The molecule has 1 rings (SSSR count). The lowest BCUT2D eigenvalue weighted by atomic mass is 10.2. The predicted octanol–water partition coefficient (Wildman–Crippen LogP) is 3.05. The number of hydrogen-bond donors (Lipinski definition) is 1. The number of nitro benzene ring substituents is 1. The summed E-state index contributed by atoms with van der Waals surface area (Å²) in [7, 11) is 0. The number of hydrogen-bond acceptors (Lipinski definition) is 4. The summed E-state index contributed by atoms with van der Waals surface area (Å²) < 4.78 is 5.46. The Morgan fingerprint density at radius 1 is 1.33 bits per heavy atom. The highest BCUT2D eigenvalue weighted by Gasteiger charge is 2.14. The van der Waals surface area contributed by atoms with Crippen molar-refractivity contribution < 1.29 is 14.8 Å². The fourth-order valence-corrected chi connectivity index (χ4v) is 1.66. The van der Waals surface area contributed by atoms with E-state index in [2.05, 4.69) is 6.92 Å². The molecule has 0 unspecified atom stereocenters. The number of unbranched alkanes of at least 4 members (excludes halogenated alkanes) is 3. The van der Waals surface area contributed by atoms with Crippen molar-refractivity contribution in [2.75, 3.05) is 6.61 Å². The van der Waals surface area contributed by atoms with Gasteiger partial charge in [-0.15, -0.1) is 0 Å². The zero-order chi connectivity index (χ0) is 13.4. The van der Waals surface area contributed by atoms with E-state index in [9.17, 15) is 10.1 Å². The van der Waals surface area contributed by atoms with Gasteiger partial charge in [-0.1, -0.05) is 26.2 Å². The van der Waals surface area contributed by atoms with Crippen LogP contribution < -0.4 is 4.74 Å². The lowest BCUT2D eigenvalue weighted by Gasteiger charge is -2.07. The molecule has 0 saturated carbocycles. The topological polar surface area (TPSA) is 72.6 Å². The van der Waals surface area contributed by atoms with Crippen LogP contribution in [-0.2, 0) is 6.61 Å². The molecule has 0 aromatic heterocycles. The largest absolute Gasteiger partial charge is 0.493 e. The summed E-state index contributed by atoms with van der Waals surface area (Å²) in [6.07, 6.45) is 4.39. The number of aliphatic hydroxyl groups is 1. The molecule has 5 heteroatoms. The zero-order valence-corrected chi connectivity index (χ0v) is 10.6. The minimum atomic E-state index is -0.504. The summed E-state index contributed by atoms with van der Waals surface area (Å²) in [6.45, 7) is 2.36. The van der Waals surface area contributed by atoms with Gasteiger partial charge in [-0.05, 0) is 18.6 Å². The summed E-state index contributed by atoms with van der Waals surface area (Å²) >= 11 is 0. The van der Waals surface area contributed by atoms with Gasteiger partial charge < -0.3 is 9.84 Å².